The molecule has 0 radical (unpaired) electrons. The van der Waals surface area contributed by atoms with E-state index in [0.717, 1.165) is 36.0 Å². The van der Waals surface area contributed by atoms with E-state index in [9.17, 15) is 0 Å². The molecule has 0 aliphatic heterocycles. The number of nitrogens with two attached hydrogens (primary N) is 1. The van der Waals surface area contributed by atoms with E-state index in [2.05, 4.69) is 33.9 Å². The lowest BCUT2D eigenvalue weighted by Gasteiger charge is -2.24. The van der Waals surface area contributed by atoms with Gasteiger partial charge in [0.05, 0.1) is 0 Å². The second kappa shape index (κ2) is 5.72. The second-order valence-electron chi connectivity index (χ2n) is 5.72. The first-order chi connectivity index (χ1) is 10.2. The smallest absolute Gasteiger partial charge is 0.133 e. The van der Waals surface area contributed by atoms with E-state index in [1.54, 1.807) is 0 Å². The van der Waals surface area contributed by atoms with E-state index in [0.29, 0.717) is 6.04 Å². The van der Waals surface area contributed by atoms with Crippen LogP contribution < -0.4 is 10.6 Å². The highest BCUT2D eigenvalue weighted by Gasteiger charge is 2.30. The Bertz CT molecular complexity index is 634. The molecule has 0 atom stereocenters. The van der Waals surface area contributed by atoms with Crippen molar-refractivity contribution in [2.75, 3.05) is 10.6 Å². The van der Waals surface area contributed by atoms with Crippen LogP contribution in [0.4, 0.5) is 11.5 Å². The van der Waals surface area contributed by atoms with Crippen molar-refractivity contribution in [1.29, 1.82) is 0 Å². The fraction of sp³-hybridized carbons (Fsp3) is 0.412. The molecule has 0 saturated heterocycles. The fourth-order valence-electron chi connectivity index (χ4n) is 2.61. The minimum Gasteiger partial charge on any atom is -0.399 e. The molecule has 2 N–H and O–H groups in total. The molecule has 110 valence electrons. The van der Waals surface area contributed by atoms with E-state index < -0.39 is 0 Å². The van der Waals surface area contributed by atoms with Crippen LogP contribution in [0.25, 0.3) is 0 Å². The molecule has 2 aromatic rings. The molecule has 0 spiro atoms. The van der Waals surface area contributed by atoms with Crippen LogP contribution in [-0.4, -0.2) is 16.0 Å². The maximum Gasteiger partial charge on any atom is 0.133 e. The molecular weight excluding hydrogens is 260 g/mol. The van der Waals surface area contributed by atoms with Crippen LogP contribution in [0.15, 0.2) is 30.3 Å². The van der Waals surface area contributed by atoms with Gasteiger partial charge in [0.25, 0.3) is 0 Å². The van der Waals surface area contributed by atoms with Crippen molar-refractivity contribution in [3.63, 3.8) is 0 Å². The summed E-state index contributed by atoms with van der Waals surface area (Å²) in [6.07, 6.45) is 3.42. The summed E-state index contributed by atoms with van der Waals surface area (Å²) in [4.78, 5) is 11.5. The van der Waals surface area contributed by atoms with Crippen LogP contribution in [0.1, 0.15) is 36.8 Å². The summed E-state index contributed by atoms with van der Waals surface area (Å²) in [5, 5.41) is 0. The number of aromatic nitrogens is 2. The van der Waals surface area contributed by atoms with E-state index >= 15 is 0 Å². The minimum atomic E-state index is 0.602. The predicted molar refractivity (Wildman–Crippen MR) is 86.2 cm³/mol. The molecule has 1 aromatic carbocycles. The molecule has 3 rings (SSSR count). The number of benzene rings is 1. The highest BCUT2D eigenvalue weighted by atomic mass is 15.2. The standard InChI is InChI=1S/C17H22N4/c1-3-15-10-17(20-12(2)19-15)21(16-7-8-16)11-13-5-4-6-14(18)9-13/h4-6,9-10,16H,3,7-8,11,18H2,1-2H3. The van der Waals surface area contributed by atoms with Gasteiger partial charge >= 0.3 is 0 Å². The molecule has 1 fully saturated rings. The predicted octanol–water partition coefficient (Wildman–Crippen LogP) is 3.10. The number of hydrogen-bond donors (Lipinski definition) is 1. The van der Waals surface area contributed by atoms with Crippen LogP contribution in [0.3, 0.4) is 0 Å². The van der Waals surface area contributed by atoms with E-state index in [1.165, 1.54) is 18.4 Å². The van der Waals surface area contributed by atoms with Crippen molar-refractivity contribution in [1.82, 2.24) is 9.97 Å². The van der Waals surface area contributed by atoms with Gasteiger partial charge in [0.15, 0.2) is 0 Å². The summed E-state index contributed by atoms with van der Waals surface area (Å²) < 4.78 is 0. The molecule has 1 saturated carbocycles. The van der Waals surface area contributed by atoms with Gasteiger partial charge in [-0.05, 0) is 43.9 Å². The first-order valence-electron chi connectivity index (χ1n) is 7.61. The normalized spacial score (nSPS) is 14.2. The van der Waals surface area contributed by atoms with E-state index in [-0.39, 0.29) is 0 Å². The van der Waals surface area contributed by atoms with E-state index in [4.69, 9.17) is 5.73 Å². The van der Waals surface area contributed by atoms with Gasteiger partial charge in [0.2, 0.25) is 0 Å². The number of nitrogens with zero attached hydrogens (tertiary/aromatic N) is 3. The molecule has 4 nitrogen and oxygen atoms in total. The summed E-state index contributed by atoms with van der Waals surface area (Å²) in [6, 6.07) is 10.8. The first kappa shape index (κ1) is 13.9. The van der Waals surface area contributed by atoms with Crippen LogP contribution in [-0.2, 0) is 13.0 Å². The van der Waals surface area contributed by atoms with Crippen molar-refractivity contribution in [2.45, 2.75) is 45.7 Å². The molecular formula is C17H22N4. The Labute approximate surface area is 126 Å². The molecule has 1 aliphatic carbocycles. The molecule has 0 unspecified atom stereocenters. The van der Waals surface area contributed by atoms with Gasteiger partial charge in [0.1, 0.15) is 11.6 Å². The Balaban J connectivity index is 1.89. The Kier molecular flexibility index (Phi) is 3.78. The molecule has 1 aliphatic rings. The van der Waals surface area contributed by atoms with Gasteiger partial charge in [-0.3, -0.25) is 0 Å². The largest absolute Gasteiger partial charge is 0.399 e. The van der Waals surface area contributed by atoms with E-state index in [1.807, 2.05) is 25.1 Å². The number of nitrogen functional groups attached to an aromatic ring is 1. The van der Waals surface area contributed by atoms with Crippen molar-refractivity contribution in [3.8, 4) is 0 Å². The lowest BCUT2D eigenvalue weighted by molar-refractivity contribution is 0.766. The Hall–Kier alpha value is -2.10. The van der Waals surface area contributed by atoms with Gasteiger partial charge in [-0.25, -0.2) is 9.97 Å². The van der Waals surface area contributed by atoms with Crippen molar-refractivity contribution < 1.29 is 0 Å². The molecule has 21 heavy (non-hydrogen) atoms. The molecule has 0 bridgehead atoms. The third-order valence-corrected chi connectivity index (χ3v) is 3.83. The van der Waals surface area contributed by atoms with Gasteiger partial charge in [0, 0.05) is 30.0 Å². The first-order valence-corrected chi connectivity index (χ1v) is 7.61. The number of rotatable bonds is 5. The average molecular weight is 282 g/mol. The average Bonchev–Trinajstić information content (AvgIpc) is 3.28. The number of aryl methyl sites for hydroxylation is 2. The Morgan fingerprint density at radius 2 is 2.05 bits per heavy atom. The van der Waals surface area contributed by atoms with Gasteiger partial charge in [-0.15, -0.1) is 0 Å². The number of hydrogen-bond acceptors (Lipinski definition) is 4. The molecule has 0 amide bonds. The summed E-state index contributed by atoms with van der Waals surface area (Å²) in [7, 11) is 0. The van der Waals surface area contributed by atoms with Crippen LogP contribution in [0.2, 0.25) is 0 Å². The van der Waals surface area contributed by atoms with Crippen molar-refractivity contribution in [3.05, 3.63) is 47.4 Å². The summed E-state index contributed by atoms with van der Waals surface area (Å²) in [6.45, 7) is 4.95. The molecule has 1 aromatic heterocycles. The Morgan fingerprint density at radius 1 is 1.24 bits per heavy atom. The zero-order valence-corrected chi connectivity index (χ0v) is 12.7. The summed E-state index contributed by atoms with van der Waals surface area (Å²) in [5.74, 6) is 1.90. The molecule has 4 heteroatoms. The van der Waals surface area contributed by atoms with Crippen molar-refractivity contribution >= 4 is 11.5 Å². The van der Waals surface area contributed by atoms with Crippen LogP contribution in [0, 0.1) is 6.92 Å². The lowest BCUT2D eigenvalue weighted by Crippen LogP contribution is -2.26. The van der Waals surface area contributed by atoms with Gasteiger partial charge < -0.3 is 10.6 Å². The number of anilines is 2. The third kappa shape index (κ3) is 3.32. The monoisotopic (exact) mass is 282 g/mol. The third-order valence-electron chi connectivity index (χ3n) is 3.83. The maximum absolute atomic E-state index is 5.89. The van der Waals surface area contributed by atoms with Gasteiger partial charge in [-0.2, -0.15) is 0 Å². The van der Waals surface area contributed by atoms with Gasteiger partial charge in [-0.1, -0.05) is 19.1 Å². The zero-order valence-electron chi connectivity index (χ0n) is 12.7. The Morgan fingerprint density at radius 3 is 2.71 bits per heavy atom. The highest BCUT2D eigenvalue weighted by Crippen LogP contribution is 2.32. The van der Waals surface area contributed by atoms with Crippen LogP contribution in [0.5, 0.6) is 0 Å². The highest BCUT2D eigenvalue weighted by molar-refractivity contribution is 5.46. The zero-order chi connectivity index (χ0) is 14.8. The lowest BCUT2D eigenvalue weighted by atomic mass is 10.2. The SMILES string of the molecule is CCc1cc(N(Cc2cccc(N)c2)C2CC2)nc(C)n1. The molecule has 1 heterocycles. The fourth-order valence-corrected chi connectivity index (χ4v) is 2.61. The minimum absolute atomic E-state index is 0.602. The van der Waals surface area contributed by atoms with Crippen molar-refractivity contribution in [2.24, 2.45) is 0 Å². The van der Waals surface area contributed by atoms with Crippen LogP contribution >= 0.6 is 0 Å². The summed E-state index contributed by atoms with van der Waals surface area (Å²) in [5.41, 5.74) is 9.05. The summed E-state index contributed by atoms with van der Waals surface area (Å²) >= 11 is 0. The maximum atomic E-state index is 5.89. The quantitative estimate of drug-likeness (QED) is 0.856. The second-order valence-corrected chi connectivity index (χ2v) is 5.72. The topological polar surface area (TPSA) is 55.0 Å².